The van der Waals surface area contributed by atoms with Crippen molar-refractivity contribution in [3.8, 4) is 5.88 Å². The van der Waals surface area contributed by atoms with Crippen molar-refractivity contribution in [3.63, 3.8) is 0 Å². The van der Waals surface area contributed by atoms with Crippen LogP contribution in [-0.4, -0.2) is 37.3 Å². The standard InChI is InChI=1S/C12H16N2O4/c1-16-14-12(15)9-2-5-13-11(8-9)18-10-3-6-17-7-4-10/h2,5,8,10H,3-4,6-7H2,1H3,(H,14,15). The van der Waals surface area contributed by atoms with Gasteiger partial charge in [-0.15, -0.1) is 0 Å². The molecule has 0 spiro atoms. The molecule has 0 aliphatic carbocycles. The van der Waals surface area contributed by atoms with Crippen molar-refractivity contribution in [1.82, 2.24) is 10.5 Å². The van der Waals surface area contributed by atoms with E-state index in [0.29, 0.717) is 24.7 Å². The van der Waals surface area contributed by atoms with Crippen LogP contribution >= 0.6 is 0 Å². The number of carbonyl (C=O) groups is 1. The third-order valence-corrected chi connectivity index (χ3v) is 2.65. The van der Waals surface area contributed by atoms with Crippen molar-refractivity contribution in [2.75, 3.05) is 20.3 Å². The molecular formula is C12H16N2O4. The summed E-state index contributed by atoms with van der Waals surface area (Å²) in [4.78, 5) is 20.2. The average Bonchev–Trinajstić information content (AvgIpc) is 2.40. The maximum Gasteiger partial charge on any atom is 0.275 e. The third kappa shape index (κ3) is 3.41. The maximum absolute atomic E-state index is 11.5. The Kier molecular flexibility index (Phi) is 4.49. The molecule has 1 aromatic rings. The minimum Gasteiger partial charge on any atom is -0.474 e. The Morgan fingerprint density at radius 1 is 1.50 bits per heavy atom. The molecule has 0 aromatic carbocycles. The molecule has 2 rings (SSSR count). The fourth-order valence-corrected chi connectivity index (χ4v) is 1.73. The second-order valence-corrected chi connectivity index (χ2v) is 3.95. The molecule has 0 atom stereocenters. The van der Waals surface area contributed by atoms with E-state index < -0.39 is 0 Å². The highest BCUT2D eigenvalue weighted by atomic mass is 16.6. The van der Waals surface area contributed by atoms with Gasteiger partial charge in [0.2, 0.25) is 5.88 Å². The van der Waals surface area contributed by atoms with Crippen LogP contribution in [0.25, 0.3) is 0 Å². The molecule has 1 aliphatic heterocycles. The molecule has 1 N–H and O–H groups in total. The van der Waals surface area contributed by atoms with Gasteiger partial charge in [-0.2, -0.15) is 0 Å². The molecule has 1 aliphatic rings. The molecule has 98 valence electrons. The summed E-state index contributed by atoms with van der Waals surface area (Å²) in [6.07, 6.45) is 3.33. The molecule has 6 heteroatoms. The molecule has 1 aromatic heterocycles. The molecule has 2 heterocycles. The molecule has 1 fully saturated rings. The Labute approximate surface area is 105 Å². The minimum atomic E-state index is -0.322. The van der Waals surface area contributed by atoms with Crippen LogP contribution < -0.4 is 10.2 Å². The Balaban J connectivity index is 2.00. The van der Waals surface area contributed by atoms with E-state index in [1.54, 1.807) is 18.3 Å². The van der Waals surface area contributed by atoms with Crippen LogP contribution in [0.3, 0.4) is 0 Å². The van der Waals surface area contributed by atoms with Crippen molar-refractivity contribution in [2.24, 2.45) is 0 Å². The van der Waals surface area contributed by atoms with Gasteiger partial charge in [-0.3, -0.25) is 9.63 Å². The lowest BCUT2D eigenvalue weighted by molar-refractivity contribution is 0.0236. The van der Waals surface area contributed by atoms with Crippen LogP contribution in [0.4, 0.5) is 0 Å². The number of nitrogens with one attached hydrogen (secondary N) is 1. The smallest absolute Gasteiger partial charge is 0.275 e. The lowest BCUT2D eigenvalue weighted by Crippen LogP contribution is -2.26. The van der Waals surface area contributed by atoms with E-state index in [9.17, 15) is 4.79 Å². The van der Waals surface area contributed by atoms with E-state index in [0.717, 1.165) is 12.8 Å². The number of pyridine rings is 1. The average molecular weight is 252 g/mol. The van der Waals surface area contributed by atoms with Gasteiger partial charge in [0.25, 0.3) is 5.91 Å². The predicted molar refractivity (Wildman–Crippen MR) is 63.2 cm³/mol. The van der Waals surface area contributed by atoms with Crippen molar-refractivity contribution >= 4 is 5.91 Å². The highest BCUT2D eigenvalue weighted by Gasteiger charge is 2.16. The molecule has 0 radical (unpaired) electrons. The first-order chi connectivity index (χ1) is 8.79. The topological polar surface area (TPSA) is 69.7 Å². The first kappa shape index (κ1) is 12.8. The highest BCUT2D eigenvalue weighted by Crippen LogP contribution is 2.16. The number of hydrogen-bond donors (Lipinski definition) is 1. The number of hydroxylamine groups is 1. The summed E-state index contributed by atoms with van der Waals surface area (Å²) in [7, 11) is 1.39. The Morgan fingerprint density at radius 3 is 3.00 bits per heavy atom. The van der Waals surface area contributed by atoms with Crippen LogP contribution in [0.2, 0.25) is 0 Å². The molecule has 0 saturated carbocycles. The summed E-state index contributed by atoms with van der Waals surface area (Å²) in [5.41, 5.74) is 2.70. The summed E-state index contributed by atoms with van der Waals surface area (Å²) in [6, 6.07) is 3.20. The quantitative estimate of drug-likeness (QED) is 0.807. The Morgan fingerprint density at radius 2 is 2.28 bits per heavy atom. The number of amides is 1. The van der Waals surface area contributed by atoms with Crippen LogP contribution in [-0.2, 0) is 9.57 Å². The summed E-state index contributed by atoms with van der Waals surface area (Å²) in [5, 5.41) is 0. The SMILES string of the molecule is CONC(=O)c1ccnc(OC2CCOCC2)c1. The fourth-order valence-electron chi connectivity index (χ4n) is 1.73. The van der Waals surface area contributed by atoms with Crippen LogP contribution in [0.5, 0.6) is 5.88 Å². The largest absolute Gasteiger partial charge is 0.474 e. The first-order valence-electron chi connectivity index (χ1n) is 5.83. The summed E-state index contributed by atoms with van der Waals surface area (Å²) < 4.78 is 11.0. The van der Waals surface area contributed by atoms with Crippen LogP contribution in [0.1, 0.15) is 23.2 Å². The van der Waals surface area contributed by atoms with Gasteiger partial charge in [-0.1, -0.05) is 0 Å². The molecule has 1 saturated heterocycles. The Bertz CT molecular complexity index is 405. The van der Waals surface area contributed by atoms with Gasteiger partial charge in [0.1, 0.15) is 6.10 Å². The predicted octanol–water partition coefficient (Wildman–Crippen LogP) is 0.931. The lowest BCUT2D eigenvalue weighted by atomic mass is 10.1. The van der Waals surface area contributed by atoms with Crippen molar-refractivity contribution < 1.29 is 19.1 Å². The Hall–Kier alpha value is -1.66. The van der Waals surface area contributed by atoms with Crippen molar-refractivity contribution in [3.05, 3.63) is 23.9 Å². The van der Waals surface area contributed by atoms with E-state index in [1.165, 1.54) is 7.11 Å². The van der Waals surface area contributed by atoms with E-state index in [1.807, 2.05) is 0 Å². The number of ether oxygens (including phenoxy) is 2. The van der Waals surface area contributed by atoms with Crippen LogP contribution in [0, 0.1) is 0 Å². The van der Waals surface area contributed by atoms with Gasteiger partial charge >= 0.3 is 0 Å². The molecule has 1 amide bonds. The molecule has 0 bridgehead atoms. The van der Waals surface area contributed by atoms with Gasteiger partial charge in [-0.25, -0.2) is 10.5 Å². The van der Waals surface area contributed by atoms with Gasteiger partial charge in [0.05, 0.1) is 20.3 Å². The van der Waals surface area contributed by atoms with E-state index in [-0.39, 0.29) is 12.0 Å². The molecular weight excluding hydrogens is 236 g/mol. The number of carbonyl (C=O) groups excluding carboxylic acids is 1. The normalized spacial score (nSPS) is 16.3. The van der Waals surface area contributed by atoms with Gasteiger partial charge in [0, 0.05) is 30.7 Å². The van der Waals surface area contributed by atoms with Crippen LogP contribution in [0.15, 0.2) is 18.3 Å². The summed E-state index contributed by atoms with van der Waals surface area (Å²) >= 11 is 0. The highest BCUT2D eigenvalue weighted by molar-refractivity contribution is 5.93. The van der Waals surface area contributed by atoms with Crippen molar-refractivity contribution in [2.45, 2.75) is 18.9 Å². The third-order valence-electron chi connectivity index (χ3n) is 2.65. The number of nitrogens with zero attached hydrogens (tertiary/aromatic N) is 1. The first-order valence-corrected chi connectivity index (χ1v) is 5.83. The van der Waals surface area contributed by atoms with E-state index in [4.69, 9.17) is 9.47 Å². The zero-order valence-electron chi connectivity index (χ0n) is 10.2. The maximum atomic E-state index is 11.5. The van der Waals surface area contributed by atoms with E-state index in [2.05, 4.69) is 15.3 Å². The monoisotopic (exact) mass is 252 g/mol. The molecule has 18 heavy (non-hydrogen) atoms. The van der Waals surface area contributed by atoms with Gasteiger partial charge < -0.3 is 9.47 Å². The molecule has 6 nitrogen and oxygen atoms in total. The number of hydrogen-bond acceptors (Lipinski definition) is 5. The van der Waals surface area contributed by atoms with Gasteiger partial charge in [0.15, 0.2) is 0 Å². The second-order valence-electron chi connectivity index (χ2n) is 3.95. The van der Waals surface area contributed by atoms with Gasteiger partial charge in [-0.05, 0) is 6.07 Å². The summed E-state index contributed by atoms with van der Waals surface area (Å²) in [5.74, 6) is 0.127. The van der Waals surface area contributed by atoms with E-state index >= 15 is 0 Å². The summed E-state index contributed by atoms with van der Waals surface area (Å²) in [6.45, 7) is 1.41. The second kappa shape index (κ2) is 6.32. The molecule has 0 unspecified atom stereocenters. The fraction of sp³-hybridized carbons (Fsp3) is 0.500. The lowest BCUT2D eigenvalue weighted by Gasteiger charge is -2.22. The number of rotatable bonds is 4. The minimum absolute atomic E-state index is 0.104. The van der Waals surface area contributed by atoms with Crippen molar-refractivity contribution in [1.29, 1.82) is 0 Å². The number of aromatic nitrogens is 1. The zero-order chi connectivity index (χ0) is 12.8. The zero-order valence-corrected chi connectivity index (χ0v) is 10.2.